The third-order valence-electron chi connectivity index (χ3n) is 7.53. The number of nitrogens with one attached hydrogen (secondary N) is 1. The van der Waals surface area contributed by atoms with Gasteiger partial charge in [0.05, 0.1) is 17.6 Å². The van der Waals surface area contributed by atoms with Crippen molar-refractivity contribution in [3.63, 3.8) is 0 Å². The largest absolute Gasteiger partial charge is 0.365 e. The van der Waals surface area contributed by atoms with Crippen LogP contribution in [0.2, 0.25) is 0 Å². The van der Waals surface area contributed by atoms with Gasteiger partial charge in [-0.2, -0.15) is 5.10 Å². The molecular weight excluding hydrogens is 496 g/mol. The highest BCUT2D eigenvalue weighted by Crippen LogP contribution is 2.31. The van der Waals surface area contributed by atoms with E-state index >= 15 is 0 Å². The average molecular weight is 531 g/mol. The first-order chi connectivity index (χ1) is 19.4. The first-order valence-electron chi connectivity index (χ1n) is 13.9. The fourth-order valence-electron chi connectivity index (χ4n) is 5.32. The van der Waals surface area contributed by atoms with E-state index in [1.807, 2.05) is 35.7 Å². The van der Waals surface area contributed by atoms with Crippen molar-refractivity contribution in [2.24, 2.45) is 7.05 Å². The summed E-state index contributed by atoms with van der Waals surface area (Å²) < 4.78 is 1.81. The van der Waals surface area contributed by atoms with Gasteiger partial charge in [0.2, 0.25) is 5.91 Å². The van der Waals surface area contributed by atoms with Crippen LogP contribution in [-0.4, -0.2) is 36.6 Å². The highest BCUT2D eigenvalue weighted by molar-refractivity contribution is 5.92. The number of fused-ring (bicyclic) bond motifs is 1. The molecule has 1 N–H and O–H groups in total. The van der Waals surface area contributed by atoms with Crippen LogP contribution < -0.4 is 5.32 Å². The molecule has 0 aliphatic heterocycles. The normalized spacial score (nSPS) is 13.0. The highest BCUT2D eigenvalue weighted by atomic mass is 16.2. The second-order valence-electron chi connectivity index (χ2n) is 10.8. The molecule has 202 valence electrons. The summed E-state index contributed by atoms with van der Waals surface area (Å²) in [6.07, 6.45) is 4.12. The number of benzene rings is 3. The number of nitrogens with zero attached hydrogens (tertiary/aromatic N) is 5. The van der Waals surface area contributed by atoms with E-state index in [1.54, 1.807) is 6.33 Å². The van der Waals surface area contributed by atoms with Crippen LogP contribution in [0, 0.1) is 13.8 Å². The number of carbonyl (C=O) groups is 1. The number of anilines is 1. The minimum atomic E-state index is 0.156. The Kier molecular flexibility index (Phi) is 7.03. The van der Waals surface area contributed by atoms with Crippen molar-refractivity contribution in [2.45, 2.75) is 52.2 Å². The molecule has 0 radical (unpaired) electrons. The van der Waals surface area contributed by atoms with Gasteiger partial charge in [-0.15, -0.1) is 0 Å². The lowest BCUT2D eigenvalue weighted by Gasteiger charge is -2.23. The fourth-order valence-corrected chi connectivity index (χ4v) is 5.32. The minimum Gasteiger partial charge on any atom is -0.365 e. The van der Waals surface area contributed by atoms with Crippen molar-refractivity contribution in [2.75, 3.05) is 5.32 Å². The molecule has 1 amide bonds. The fraction of sp³-hybridized carbons (Fsp3) is 0.273. The average Bonchev–Trinajstić information content (AvgIpc) is 3.74. The SMILES string of the molecule is Cc1cccc(CNc2ncnc3ccc(-c4cccc(CN(C(=O)Cc5cc(C)nn5C)C5CC5)c4)cc23)c1. The lowest BCUT2D eigenvalue weighted by atomic mass is 10.0. The Morgan fingerprint density at radius 3 is 2.52 bits per heavy atom. The van der Waals surface area contributed by atoms with Crippen LogP contribution in [0.1, 0.15) is 40.9 Å². The molecule has 0 spiro atoms. The number of hydrogen-bond donors (Lipinski definition) is 1. The van der Waals surface area contributed by atoms with Crippen LogP contribution >= 0.6 is 0 Å². The van der Waals surface area contributed by atoms with Gasteiger partial charge in [0.15, 0.2) is 0 Å². The van der Waals surface area contributed by atoms with E-state index in [9.17, 15) is 4.79 Å². The molecule has 1 aliphatic rings. The van der Waals surface area contributed by atoms with Gasteiger partial charge in [0, 0.05) is 37.3 Å². The maximum absolute atomic E-state index is 13.3. The van der Waals surface area contributed by atoms with Gasteiger partial charge < -0.3 is 10.2 Å². The third-order valence-corrected chi connectivity index (χ3v) is 7.53. The van der Waals surface area contributed by atoms with E-state index < -0.39 is 0 Å². The standard InChI is InChI=1S/C33H34N6O/c1-22-6-4-7-24(14-22)19-34-33-30-17-27(10-13-31(30)35-21-36-33)26-9-5-8-25(16-26)20-39(28-11-12-28)32(40)18-29-15-23(2)37-38(29)3/h4-10,13-17,21,28H,11-12,18-20H2,1-3H3,(H,34,35,36). The lowest BCUT2D eigenvalue weighted by Crippen LogP contribution is -2.34. The number of aryl methyl sites for hydroxylation is 3. The summed E-state index contributed by atoms with van der Waals surface area (Å²) >= 11 is 0. The first-order valence-corrected chi connectivity index (χ1v) is 13.9. The Hall–Kier alpha value is -4.52. The molecule has 0 atom stereocenters. The molecule has 0 bridgehead atoms. The molecular formula is C33H34N6O. The van der Waals surface area contributed by atoms with Crippen molar-refractivity contribution < 1.29 is 4.79 Å². The molecule has 6 rings (SSSR count). The van der Waals surface area contributed by atoms with Crippen molar-refractivity contribution in [1.82, 2.24) is 24.6 Å². The summed E-state index contributed by atoms with van der Waals surface area (Å²) in [7, 11) is 1.90. The summed E-state index contributed by atoms with van der Waals surface area (Å²) in [6, 6.07) is 25.6. The predicted octanol–water partition coefficient (Wildman–Crippen LogP) is 5.99. The smallest absolute Gasteiger partial charge is 0.229 e. The Morgan fingerprint density at radius 2 is 1.75 bits per heavy atom. The highest BCUT2D eigenvalue weighted by Gasteiger charge is 2.32. The van der Waals surface area contributed by atoms with Gasteiger partial charge >= 0.3 is 0 Å². The lowest BCUT2D eigenvalue weighted by molar-refractivity contribution is -0.131. The minimum absolute atomic E-state index is 0.156. The van der Waals surface area contributed by atoms with Crippen LogP contribution in [0.3, 0.4) is 0 Å². The van der Waals surface area contributed by atoms with E-state index in [0.29, 0.717) is 25.6 Å². The van der Waals surface area contributed by atoms with Gasteiger partial charge in [-0.3, -0.25) is 9.48 Å². The Labute approximate surface area is 234 Å². The molecule has 7 heteroatoms. The summed E-state index contributed by atoms with van der Waals surface area (Å²) in [5.74, 6) is 0.975. The molecule has 1 saturated carbocycles. The van der Waals surface area contributed by atoms with Gasteiger partial charge in [-0.25, -0.2) is 9.97 Å². The van der Waals surface area contributed by atoms with Crippen LogP contribution in [0.4, 0.5) is 5.82 Å². The van der Waals surface area contributed by atoms with Crippen LogP contribution in [-0.2, 0) is 31.4 Å². The monoisotopic (exact) mass is 530 g/mol. The summed E-state index contributed by atoms with van der Waals surface area (Å²) in [4.78, 5) is 24.4. The molecule has 1 aliphatic carbocycles. The summed E-state index contributed by atoms with van der Waals surface area (Å²) in [5, 5.41) is 8.89. The van der Waals surface area contributed by atoms with Crippen LogP contribution in [0.25, 0.3) is 22.0 Å². The zero-order valence-corrected chi connectivity index (χ0v) is 23.3. The van der Waals surface area contributed by atoms with Gasteiger partial charge in [-0.1, -0.05) is 54.1 Å². The van der Waals surface area contributed by atoms with Gasteiger partial charge in [-0.05, 0) is 73.2 Å². The Balaban J connectivity index is 1.23. The zero-order valence-electron chi connectivity index (χ0n) is 23.3. The number of carbonyl (C=O) groups excluding carboxylic acids is 1. The summed E-state index contributed by atoms with van der Waals surface area (Å²) in [6.45, 7) is 5.36. The van der Waals surface area contributed by atoms with Gasteiger partial charge in [0.1, 0.15) is 12.1 Å². The molecule has 1 fully saturated rings. The quantitative estimate of drug-likeness (QED) is 0.253. The molecule has 0 unspecified atom stereocenters. The second kappa shape index (κ2) is 10.9. The van der Waals surface area contributed by atoms with Gasteiger partial charge in [0.25, 0.3) is 0 Å². The molecule has 7 nitrogen and oxygen atoms in total. The van der Waals surface area contributed by atoms with E-state index in [0.717, 1.165) is 57.6 Å². The predicted molar refractivity (Wildman–Crippen MR) is 159 cm³/mol. The van der Waals surface area contributed by atoms with Crippen LogP contribution in [0.15, 0.2) is 79.1 Å². The molecule has 3 aromatic carbocycles. The maximum Gasteiger partial charge on any atom is 0.229 e. The van der Waals surface area contributed by atoms with Crippen molar-refractivity contribution >= 4 is 22.6 Å². The number of amides is 1. The Bertz CT molecular complexity index is 1690. The first kappa shape index (κ1) is 25.7. The van der Waals surface area contributed by atoms with E-state index in [4.69, 9.17) is 0 Å². The molecule has 5 aromatic rings. The van der Waals surface area contributed by atoms with Crippen molar-refractivity contribution in [3.8, 4) is 11.1 Å². The molecule has 2 aromatic heterocycles. The number of hydrogen-bond acceptors (Lipinski definition) is 5. The maximum atomic E-state index is 13.3. The third kappa shape index (κ3) is 5.73. The Morgan fingerprint density at radius 1 is 0.950 bits per heavy atom. The van der Waals surface area contributed by atoms with Crippen molar-refractivity contribution in [3.05, 3.63) is 107 Å². The molecule has 0 saturated heterocycles. The molecule has 40 heavy (non-hydrogen) atoms. The zero-order chi connectivity index (χ0) is 27.6. The number of rotatable bonds is 9. The topological polar surface area (TPSA) is 75.9 Å². The second-order valence-corrected chi connectivity index (χ2v) is 10.8. The van der Waals surface area contributed by atoms with Crippen LogP contribution in [0.5, 0.6) is 0 Å². The van der Waals surface area contributed by atoms with Crippen molar-refractivity contribution in [1.29, 1.82) is 0 Å². The van der Waals surface area contributed by atoms with E-state index in [1.165, 1.54) is 11.1 Å². The van der Waals surface area contributed by atoms with E-state index in [-0.39, 0.29) is 5.91 Å². The summed E-state index contributed by atoms with van der Waals surface area (Å²) in [5.41, 5.74) is 8.57. The van der Waals surface area contributed by atoms with E-state index in [2.05, 4.69) is 88.0 Å². The molecule has 2 heterocycles. The number of aromatic nitrogens is 4.